The first-order chi connectivity index (χ1) is 11.7. The van der Waals surface area contributed by atoms with E-state index in [2.05, 4.69) is 21.5 Å². The van der Waals surface area contributed by atoms with E-state index in [9.17, 15) is 4.79 Å². The number of aryl methyl sites for hydroxylation is 1. The van der Waals surface area contributed by atoms with E-state index in [0.717, 1.165) is 10.2 Å². The number of aromatic nitrogens is 3. The maximum Gasteiger partial charge on any atom is 0.293 e. The van der Waals surface area contributed by atoms with Crippen molar-refractivity contribution in [3.05, 3.63) is 65.9 Å². The maximum absolute atomic E-state index is 12.3. The molecule has 1 aromatic carbocycles. The fraction of sp³-hybridized carbons (Fsp3) is 0.118. The third-order valence-corrected chi connectivity index (χ3v) is 4.46. The average molecular weight is 338 g/mol. The van der Waals surface area contributed by atoms with Crippen molar-refractivity contribution in [3.63, 3.8) is 0 Å². The zero-order valence-corrected chi connectivity index (χ0v) is 13.7. The Kier molecular flexibility index (Phi) is 3.62. The molecule has 0 fully saturated rings. The number of carbonyl (C=O) groups excluding carboxylic acids is 1. The number of amides is 1. The van der Waals surface area contributed by atoms with E-state index < -0.39 is 0 Å². The van der Waals surface area contributed by atoms with Crippen LogP contribution in [0.1, 0.15) is 21.9 Å². The second-order valence-corrected chi connectivity index (χ2v) is 6.44. The Bertz CT molecular complexity index is 1000. The molecule has 0 aliphatic rings. The van der Waals surface area contributed by atoms with Gasteiger partial charge < -0.3 is 4.42 Å². The minimum Gasteiger partial charge on any atom is -0.454 e. The van der Waals surface area contributed by atoms with Crippen LogP contribution in [0.4, 0.5) is 5.13 Å². The predicted molar refractivity (Wildman–Crippen MR) is 92.3 cm³/mol. The van der Waals surface area contributed by atoms with Gasteiger partial charge in [-0.3, -0.25) is 14.8 Å². The smallest absolute Gasteiger partial charge is 0.293 e. The lowest BCUT2D eigenvalue weighted by Crippen LogP contribution is -2.10. The first kappa shape index (κ1) is 14.6. The summed E-state index contributed by atoms with van der Waals surface area (Å²) in [7, 11) is 0. The molecule has 4 aromatic rings. The van der Waals surface area contributed by atoms with E-state index >= 15 is 0 Å². The van der Waals surface area contributed by atoms with E-state index in [-0.39, 0.29) is 11.7 Å². The van der Waals surface area contributed by atoms with Crippen LogP contribution in [-0.2, 0) is 6.54 Å². The molecular weight excluding hydrogens is 324 g/mol. The largest absolute Gasteiger partial charge is 0.454 e. The second-order valence-electron chi connectivity index (χ2n) is 5.41. The van der Waals surface area contributed by atoms with Crippen molar-refractivity contribution in [2.45, 2.75) is 13.5 Å². The van der Waals surface area contributed by atoms with Gasteiger partial charge in [0.1, 0.15) is 5.76 Å². The van der Waals surface area contributed by atoms with Gasteiger partial charge in [0, 0.05) is 12.4 Å². The number of hydrogen-bond acceptors (Lipinski definition) is 5. The molecule has 0 saturated heterocycles. The Morgan fingerprint density at radius 3 is 3.08 bits per heavy atom. The molecule has 0 aliphatic carbocycles. The van der Waals surface area contributed by atoms with Crippen LogP contribution < -0.4 is 5.32 Å². The summed E-state index contributed by atoms with van der Waals surface area (Å²) in [5.41, 5.74) is 2.04. The molecule has 3 aromatic heterocycles. The first-order valence-corrected chi connectivity index (χ1v) is 8.24. The number of benzene rings is 1. The van der Waals surface area contributed by atoms with Crippen molar-refractivity contribution in [2.75, 3.05) is 5.32 Å². The molecule has 0 radical (unpaired) electrons. The normalized spacial score (nSPS) is 11.0. The van der Waals surface area contributed by atoms with E-state index in [0.29, 0.717) is 17.4 Å². The van der Waals surface area contributed by atoms with Crippen LogP contribution >= 0.6 is 11.3 Å². The molecule has 0 aliphatic heterocycles. The molecular formula is C17H14N4O2S. The fourth-order valence-electron chi connectivity index (χ4n) is 2.38. The van der Waals surface area contributed by atoms with E-state index in [4.69, 9.17) is 4.42 Å². The van der Waals surface area contributed by atoms with Crippen molar-refractivity contribution in [2.24, 2.45) is 0 Å². The van der Waals surface area contributed by atoms with Crippen molar-refractivity contribution in [3.8, 4) is 0 Å². The van der Waals surface area contributed by atoms with Gasteiger partial charge in [-0.1, -0.05) is 17.4 Å². The van der Waals surface area contributed by atoms with Crippen LogP contribution in [0.25, 0.3) is 10.2 Å². The molecule has 24 heavy (non-hydrogen) atoms. The third-order valence-electron chi connectivity index (χ3n) is 3.53. The third kappa shape index (κ3) is 2.93. The van der Waals surface area contributed by atoms with Crippen LogP contribution in [0.3, 0.4) is 0 Å². The van der Waals surface area contributed by atoms with Crippen LogP contribution in [0.5, 0.6) is 0 Å². The Hall–Kier alpha value is -2.93. The summed E-state index contributed by atoms with van der Waals surface area (Å²) < 4.78 is 8.37. The van der Waals surface area contributed by atoms with E-state index in [1.54, 1.807) is 23.0 Å². The molecule has 4 rings (SSSR count). The van der Waals surface area contributed by atoms with Crippen molar-refractivity contribution < 1.29 is 9.21 Å². The summed E-state index contributed by atoms with van der Waals surface area (Å²) in [5, 5.41) is 7.46. The summed E-state index contributed by atoms with van der Waals surface area (Å²) in [5.74, 6) is 0.619. The maximum atomic E-state index is 12.3. The van der Waals surface area contributed by atoms with Gasteiger partial charge in [0.2, 0.25) is 0 Å². The van der Waals surface area contributed by atoms with Gasteiger partial charge >= 0.3 is 0 Å². The van der Waals surface area contributed by atoms with Gasteiger partial charge in [-0.25, -0.2) is 4.98 Å². The summed E-state index contributed by atoms with van der Waals surface area (Å²) in [4.78, 5) is 16.7. The highest BCUT2D eigenvalue weighted by molar-refractivity contribution is 7.22. The molecule has 6 nitrogen and oxygen atoms in total. The van der Waals surface area contributed by atoms with E-state index in [1.807, 2.05) is 31.3 Å². The van der Waals surface area contributed by atoms with Gasteiger partial charge in [-0.2, -0.15) is 5.10 Å². The van der Waals surface area contributed by atoms with Crippen LogP contribution in [0.15, 0.2) is 53.2 Å². The van der Waals surface area contributed by atoms with Gasteiger partial charge in [-0.15, -0.1) is 0 Å². The number of rotatable bonds is 4. The molecule has 1 N–H and O–H groups in total. The van der Waals surface area contributed by atoms with Gasteiger partial charge in [-0.05, 0) is 42.8 Å². The van der Waals surface area contributed by atoms with Crippen LogP contribution in [0.2, 0.25) is 0 Å². The minimum absolute atomic E-state index is 0.257. The molecule has 1 amide bonds. The average Bonchev–Trinajstić information content (AvgIpc) is 3.27. The molecule has 0 saturated carbocycles. The SMILES string of the molecule is Cc1ccc2nc(NC(=O)c3ccc(Cn4cccn4)o3)sc2c1. The number of nitrogens with zero attached hydrogens (tertiary/aromatic N) is 3. The number of thiazole rings is 1. The minimum atomic E-state index is -0.308. The topological polar surface area (TPSA) is 73.0 Å². The molecule has 3 heterocycles. The quantitative estimate of drug-likeness (QED) is 0.616. The number of fused-ring (bicyclic) bond motifs is 1. The van der Waals surface area contributed by atoms with Gasteiger partial charge in [0.25, 0.3) is 5.91 Å². The Morgan fingerprint density at radius 2 is 2.25 bits per heavy atom. The summed E-state index contributed by atoms with van der Waals surface area (Å²) in [6, 6.07) is 11.3. The molecule has 0 spiro atoms. The Labute approximate surface area is 141 Å². The van der Waals surface area contributed by atoms with Crippen LogP contribution in [0, 0.1) is 6.92 Å². The van der Waals surface area contributed by atoms with Crippen molar-refractivity contribution >= 4 is 32.6 Å². The van der Waals surface area contributed by atoms with Crippen molar-refractivity contribution in [1.29, 1.82) is 0 Å². The number of hydrogen-bond donors (Lipinski definition) is 1. The number of carbonyl (C=O) groups is 1. The molecule has 0 bridgehead atoms. The Morgan fingerprint density at radius 1 is 1.33 bits per heavy atom. The Balaban J connectivity index is 1.50. The number of nitrogens with one attached hydrogen (secondary N) is 1. The fourth-order valence-corrected chi connectivity index (χ4v) is 3.34. The van der Waals surface area contributed by atoms with E-state index in [1.165, 1.54) is 16.9 Å². The zero-order chi connectivity index (χ0) is 16.5. The monoisotopic (exact) mass is 338 g/mol. The zero-order valence-electron chi connectivity index (χ0n) is 12.9. The number of anilines is 1. The molecule has 0 atom stereocenters. The summed E-state index contributed by atoms with van der Waals surface area (Å²) >= 11 is 1.45. The highest BCUT2D eigenvalue weighted by atomic mass is 32.1. The molecule has 120 valence electrons. The lowest BCUT2D eigenvalue weighted by atomic mass is 10.2. The highest BCUT2D eigenvalue weighted by Crippen LogP contribution is 2.27. The second kappa shape index (κ2) is 5.93. The summed E-state index contributed by atoms with van der Waals surface area (Å²) in [6.07, 6.45) is 3.54. The van der Waals surface area contributed by atoms with Gasteiger partial charge in [0.15, 0.2) is 10.9 Å². The van der Waals surface area contributed by atoms with Crippen LogP contribution in [-0.4, -0.2) is 20.7 Å². The lowest BCUT2D eigenvalue weighted by Gasteiger charge is -1.99. The lowest BCUT2D eigenvalue weighted by molar-refractivity contribution is 0.0994. The molecule has 7 heteroatoms. The predicted octanol–water partition coefficient (Wildman–Crippen LogP) is 3.69. The highest BCUT2D eigenvalue weighted by Gasteiger charge is 2.14. The standard InChI is InChI=1S/C17H14N4O2S/c1-11-3-5-13-15(9-11)24-17(19-13)20-16(22)14-6-4-12(23-14)10-21-8-2-7-18-21/h2-9H,10H2,1H3,(H,19,20,22). The van der Waals surface area contributed by atoms with Gasteiger partial charge in [0.05, 0.1) is 16.8 Å². The summed E-state index contributed by atoms with van der Waals surface area (Å²) in [6.45, 7) is 2.52. The molecule has 0 unspecified atom stereocenters. The van der Waals surface area contributed by atoms with Crippen molar-refractivity contribution in [1.82, 2.24) is 14.8 Å². The first-order valence-electron chi connectivity index (χ1n) is 7.42. The number of furan rings is 1.